The SMILES string of the molecule is CCCC1CCC(C(F)(F)Oc2ccc(-c3cc(F)c(/C=C\C(F)(F)F)c(F)c3)c(F)c2)CC1. The Morgan fingerprint density at radius 1 is 0.882 bits per heavy atom. The molecule has 0 radical (unpaired) electrons. The van der Waals surface area contributed by atoms with Crippen molar-refractivity contribution in [2.75, 3.05) is 0 Å². The highest BCUT2D eigenvalue weighted by Crippen LogP contribution is 2.41. The van der Waals surface area contributed by atoms with Crippen molar-refractivity contribution in [3.8, 4) is 16.9 Å². The highest BCUT2D eigenvalue weighted by atomic mass is 19.4. The average molecular weight is 492 g/mol. The van der Waals surface area contributed by atoms with Crippen molar-refractivity contribution in [3.63, 3.8) is 0 Å². The van der Waals surface area contributed by atoms with E-state index in [0.29, 0.717) is 49.8 Å². The van der Waals surface area contributed by atoms with Crippen molar-refractivity contribution in [2.45, 2.75) is 57.7 Å². The van der Waals surface area contributed by atoms with E-state index in [4.69, 9.17) is 4.74 Å². The van der Waals surface area contributed by atoms with E-state index in [9.17, 15) is 35.1 Å². The summed E-state index contributed by atoms with van der Waals surface area (Å²) in [5.41, 5.74) is -1.56. The molecule has 1 nitrogen and oxygen atoms in total. The first-order chi connectivity index (χ1) is 15.9. The quantitative estimate of drug-likeness (QED) is 0.351. The standard InChI is InChI=1S/C25H24F8O/c1-2-3-15-4-6-17(7-5-15)25(32,33)34-18-8-9-19(23(28)14-18)16-12-21(26)20(22(27)13-16)10-11-24(29,30)31/h8-15,17H,2-7H2,1H3/b11-10-. The number of benzene rings is 2. The molecule has 0 bridgehead atoms. The number of alkyl halides is 5. The monoisotopic (exact) mass is 492 g/mol. The largest absolute Gasteiger partial charge is 0.432 e. The molecule has 1 saturated carbocycles. The Bertz CT molecular complexity index is 997. The zero-order chi connectivity index (χ0) is 25.1. The normalized spacial score (nSPS) is 19.6. The van der Waals surface area contributed by atoms with Gasteiger partial charge in [-0.3, -0.25) is 0 Å². The second-order valence-electron chi connectivity index (χ2n) is 8.54. The molecule has 1 fully saturated rings. The molecular weight excluding hydrogens is 468 g/mol. The fourth-order valence-corrected chi connectivity index (χ4v) is 4.31. The lowest BCUT2D eigenvalue weighted by Gasteiger charge is -2.33. The van der Waals surface area contributed by atoms with Gasteiger partial charge in [-0.05, 0) is 67.5 Å². The van der Waals surface area contributed by atoms with E-state index < -0.39 is 47.0 Å². The van der Waals surface area contributed by atoms with Crippen molar-refractivity contribution in [1.82, 2.24) is 0 Å². The molecule has 0 atom stereocenters. The van der Waals surface area contributed by atoms with E-state index in [1.807, 2.05) is 6.92 Å². The van der Waals surface area contributed by atoms with Gasteiger partial charge in [-0.1, -0.05) is 19.8 Å². The Morgan fingerprint density at radius 3 is 2.03 bits per heavy atom. The van der Waals surface area contributed by atoms with Crippen LogP contribution in [0, 0.1) is 29.3 Å². The second kappa shape index (κ2) is 10.4. The van der Waals surface area contributed by atoms with Crippen molar-refractivity contribution in [1.29, 1.82) is 0 Å². The maximum absolute atomic E-state index is 14.6. The molecule has 0 aliphatic heterocycles. The Labute approximate surface area is 192 Å². The van der Waals surface area contributed by atoms with Gasteiger partial charge in [0, 0.05) is 23.3 Å². The maximum atomic E-state index is 14.6. The number of rotatable bonds is 7. The van der Waals surface area contributed by atoms with E-state index >= 15 is 0 Å². The fourth-order valence-electron chi connectivity index (χ4n) is 4.31. The Kier molecular flexibility index (Phi) is 7.93. The lowest BCUT2D eigenvalue weighted by atomic mass is 9.79. The van der Waals surface area contributed by atoms with Gasteiger partial charge in [0.05, 0.1) is 5.92 Å². The Balaban J connectivity index is 1.76. The molecule has 0 saturated heterocycles. The van der Waals surface area contributed by atoms with E-state index in [1.54, 1.807) is 0 Å². The van der Waals surface area contributed by atoms with Crippen LogP contribution in [0.4, 0.5) is 35.1 Å². The van der Waals surface area contributed by atoms with Gasteiger partial charge in [0.1, 0.15) is 23.2 Å². The minimum Gasteiger partial charge on any atom is -0.432 e. The number of hydrogen-bond donors (Lipinski definition) is 0. The first-order valence-corrected chi connectivity index (χ1v) is 11.0. The average Bonchev–Trinajstić information content (AvgIpc) is 2.72. The minimum absolute atomic E-state index is 0.236. The molecule has 0 spiro atoms. The number of allylic oxidation sites excluding steroid dienone is 1. The van der Waals surface area contributed by atoms with Crippen LogP contribution in [0.1, 0.15) is 51.0 Å². The summed E-state index contributed by atoms with van der Waals surface area (Å²) in [6.45, 7) is 2.05. The summed E-state index contributed by atoms with van der Waals surface area (Å²) in [4.78, 5) is 0. The summed E-state index contributed by atoms with van der Waals surface area (Å²) in [5.74, 6) is -4.75. The van der Waals surface area contributed by atoms with Crippen LogP contribution in [-0.4, -0.2) is 12.3 Å². The second-order valence-corrected chi connectivity index (χ2v) is 8.54. The van der Waals surface area contributed by atoms with E-state index in [1.165, 1.54) is 0 Å². The van der Waals surface area contributed by atoms with Crippen molar-refractivity contribution in [3.05, 3.63) is 59.4 Å². The Hall–Kier alpha value is -2.58. The van der Waals surface area contributed by atoms with E-state index in [2.05, 4.69) is 0 Å². The molecule has 34 heavy (non-hydrogen) atoms. The van der Waals surface area contributed by atoms with Crippen LogP contribution in [0.2, 0.25) is 0 Å². The van der Waals surface area contributed by atoms with Crippen LogP contribution in [0.3, 0.4) is 0 Å². The first kappa shape index (κ1) is 26.0. The molecule has 0 unspecified atom stereocenters. The van der Waals surface area contributed by atoms with Gasteiger partial charge in [-0.25, -0.2) is 13.2 Å². The maximum Gasteiger partial charge on any atom is 0.409 e. The van der Waals surface area contributed by atoms with E-state index in [-0.39, 0.29) is 23.3 Å². The third kappa shape index (κ3) is 6.51. The zero-order valence-electron chi connectivity index (χ0n) is 18.4. The van der Waals surface area contributed by atoms with Crippen LogP contribution in [0.25, 0.3) is 17.2 Å². The van der Waals surface area contributed by atoms with Crippen LogP contribution in [0.15, 0.2) is 36.4 Å². The molecule has 1 aliphatic rings. The van der Waals surface area contributed by atoms with E-state index in [0.717, 1.165) is 25.0 Å². The molecule has 0 aromatic heterocycles. The number of halogens is 8. The summed E-state index contributed by atoms with van der Waals surface area (Å²) < 4.78 is 114. The van der Waals surface area contributed by atoms with Gasteiger partial charge in [0.2, 0.25) is 0 Å². The van der Waals surface area contributed by atoms with Crippen LogP contribution in [-0.2, 0) is 0 Å². The summed E-state index contributed by atoms with van der Waals surface area (Å²) in [6, 6.07) is 4.11. The minimum atomic E-state index is -4.77. The van der Waals surface area contributed by atoms with Crippen LogP contribution < -0.4 is 4.74 Å². The number of ether oxygens (including phenoxy) is 1. The van der Waals surface area contributed by atoms with Gasteiger partial charge in [0.25, 0.3) is 0 Å². The fraction of sp³-hybridized carbons (Fsp3) is 0.440. The molecule has 9 heteroatoms. The van der Waals surface area contributed by atoms with Crippen LogP contribution in [0.5, 0.6) is 5.75 Å². The highest BCUT2D eigenvalue weighted by molar-refractivity contribution is 5.68. The lowest BCUT2D eigenvalue weighted by molar-refractivity contribution is -0.223. The van der Waals surface area contributed by atoms with Gasteiger partial charge < -0.3 is 4.74 Å². The smallest absolute Gasteiger partial charge is 0.409 e. The summed E-state index contributed by atoms with van der Waals surface area (Å²) in [7, 11) is 0. The van der Waals surface area contributed by atoms with Gasteiger partial charge >= 0.3 is 12.3 Å². The predicted molar refractivity (Wildman–Crippen MR) is 113 cm³/mol. The molecule has 0 heterocycles. The molecular formula is C25H24F8O. The lowest BCUT2D eigenvalue weighted by Crippen LogP contribution is -2.37. The molecule has 2 aromatic rings. The van der Waals surface area contributed by atoms with Crippen molar-refractivity contribution >= 4 is 6.08 Å². The first-order valence-electron chi connectivity index (χ1n) is 11.0. The molecule has 1 aliphatic carbocycles. The van der Waals surface area contributed by atoms with Crippen LogP contribution >= 0.6 is 0 Å². The Morgan fingerprint density at radius 2 is 1.50 bits per heavy atom. The number of hydrogen-bond acceptors (Lipinski definition) is 1. The predicted octanol–water partition coefficient (Wildman–Crippen LogP) is 8.92. The highest BCUT2D eigenvalue weighted by Gasteiger charge is 2.44. The summed E-state index contributed by atoms with van der Waals surface area (Å²) in [5, 5.41) is 0. The van der Waals surface area contributed by atoms with Gasteiger partial charge in [-0.15, -0.1) is 0 Å². The summed E-state index contributed by atoms with van der Waals surface area (Å²) >= 11 is 0. The molecule has 0 amide bonds. The van der Waals surface area contributed by atoms with Gasteiger partial charge in [-0.2, -0.15) is 22.0 Å². The van der Waals surface area contributed by atoms with Crippen molar-refractivity contribution in [2.24, 2.45) is 11.8 Å². The molecule has 2 aromatic carbocycles. The van der Waals surface area contributed by atoms with Gasteiger partial charge in [0.15, 0.2) is 0 Å². The van der Waals surface area contributed by atoms with Crippen molar-refractivity contribution < 1.29 is 39.9 Å². The molecule has 3 rings (SSSR count). The third-order valence-electron chi connectivity index (χ3n) is 6.04. The third-order valence-corrected chi connectivity index (χ3v) is 6.04. The topological polar surface area (TPSA) is 9.23 Å². The molecule has 186 valence electrons. The summed E-state index contributed by atoms with van der Waals surface area (Å²) in [6.07, 6.45) is -4.42. The zero-order valence-corrected chi connectivity index (χ0v) is 18.4. The molecule has 0 N–H and O–H groups in total.